The number of hydrogen-bond donors (Lipinski definition) is 2. The fourth-order valence-electron chi connectivity index (χ4n) is 1.96. The van der Waals surface area contributed by atoms with E-state index in [1.807, 2.05) is 0 Å². The number of hydrogen-bond acceptors (Lipinski definition) is 2. The van der Waals surface area contributed by atoms with Crippen LogP contribution < -0.4 is 5.32 Å². The number of aromatic nitrogens is 2. The van der Waals surface area contributed by atoms with Gasteiger partial charge in [-0.05, 0) is 31.8 Å². The van der Waals surface area contributed by atoms with Gasteiger partial charge in [0.1, 0.15) is 11.5 Å². The van der Waals surface area contributed by atoms with Crippen molar-refractivity contribution in [1.29, 1.82) is 0 Å². The molecule has 1 aromatic rings. The van der Waals surface area contributed by atoms with Gasteiger partial charge in [0, 0.05) is 6.42 Å². The highest BCUT2D eigenvalue weighted by molar-refractivity contribution is 5.03. The lowest BCUT2D eigenvalue weighted by atomic mass is 9.96. The van der Waals surface area contributed by atoms with Gasteiger partial charge in [0.05, 0.1) is 6.20 Å². The third-order valence-electron chi connectivity index (χ3n) is 2.76. The molecule has 1 atom stereocenters. The summed E-state index contributed by atoms with van der Waals surface area (Å²) in [5.41, 5.74) is -0.0752. The molecule has 1 unspecified atom stereocenters. The summed E-state index contributed by atoms with van der Waals surface area (Å²) in [6, 6.07) is 0. The minimum atomic E-state index is -2.45. The summed E-state index contributed by atoms with van der Waals surface area (Å²) in [5, 5.41) is 3.29. The van der Waals surface area contributed by atoms with Crippen LogP contribution in [0.5, 0.6) is 0 Å². The van der Waals surface area contributed by atoms with Gasteiger partial charge in [-0.25, -0.2) is 13.8 Å². The molecule has 0 aromatic carbocycles. The van der Waals surface area contributed by atoms with Crippen molar-refractivity contribution in [3.8, 4) is 0 Å². The molecule has 0 spiro atoms. The number of H-pyrrole nitrogens is 1. The van der Waals surface area contributed by atoms with E-state index in [0.717, 1.165) is 32.4 Å². The van der Waals surface area contributed by atoms with Crippen LogP contribution in [0.3, 0.4) is 0 Å². The Labute approximate surface area is 87.3 Å². The standard InChI is InChI=1S/C10H15F2N3/c11-10(12)8-6-14-9(15-8)4-7-2-1-3-13-5-7/h6-7,10,13H,1-5H2,(H,14,15). The molecule has 2 heterocycles. The molecule has 0 bridgehead atoms. The van der Waals surface area contributed by atoms with Crippen molar-refractivity contribution in [2.75, 3.05) is 13.1 Å². The zero-order valence-electron chi connectivity index (χ0n) is 8.47. The first kappa shape index (κ1) is 10.5. The third kappa shape index (κ3) is 2.75. The van der Waals surface area contributed by atoms with Crippen LogP contribution in [0.4, 0.5) is 8.78 Å². The van der Waals surface area contributed by atoms with Gasteiger partial charge in [-0.15, -0.1) is 0 Å². The van der Waals surface area contributed by atoms with Crippen molar-refractivity contribution < 1.29 is 8.78 Å². The molecule has 2 N–H and O–H groups in total. The summed E-state index contributed by atoms with van der Waals surface area (Å²) in [7, 11) is 0. The zero-order valence-corrected chi connectivity index (χ0v) is 8.47. The first-order valence-corrected chi connectivity index (χ1v) is 5.28. The second kappa shape index (κ2) is 4.70. The first-order valence-electron chi connectivity index (χ1n) is 5.28. The predicted octanol–water partition coefficient (Wildman–Crippen LogP) is 1.89. The summed E-state index contributed by atoms with van der Waals surface area (Å²) in [6.45, 7) is 2.03. The highest BCUT2D eigenvalue weighted by atomic mass is 19.3. The summed E-state index contributed by atoms with van der Waals surface area (Å²) in [6.07, 6.45) is 1.86. The first-order chi connectivity index (χ1) is 7.25. The number of aromatic amines is 1. The van der Waals surface area contributed by atoms with Gasteiger partial charge >= 0.3 is 0 Å². The van der Waals surface area contributed by atoms with Crippen LogP contribution in [0.25, 0.3) is 0 Å². The molecular weight excluding hydrogens is 200 g/mol. The number of nitrogens with one attached hydrogen (secondary N) is 2. The molecule has 0 saturated carbocycles. The summed E-state index contributed by atoms with van der Waals surface area (Å²) < 4.78 is 24.6. The van der Waals surface area contributed by atoms with Crippen LogP contribution in [-0.2, 0) is 6.42 Å². The van der Waals surface area contributed by atoms with E-state index in [-0.39, 0.29) is 5.69 Å². The molecule has 1 aliphatic heterocycles. The second-order valence-corrected chi connectivity index (χ2v) is 4.00. The molecule has 1 aromatic heterocycles. The predicted molar refractivity (Wildman–Crippen MR) is 52.8 cm³/mol. The number of piperidine rings is 1. The van der Waals surface area contributed by atoms with E-state index in [1.165, 1.54) is 6.20 Å². The maximum atomic E-state index is 12.3. The van der Waals surface area contributed by atoms with Crippen LogP contribution in [0.1, 0.15) is 30.8 Å². The molecule has 0 radical (unpaired) electrons. The molecule has 1 aliphatic rings. The number of nitrogens with zero attached hydrogens (tertiary/aromatic N) is 1. The highest BCUT2D eigenvalue weighted by Gasteiger charge is 2.16. The van der Waals surface area contributed by atoms with Crippen molar-refractivity contribution >= 4 is 0 Å². The van der Waals surface area contributed by atoms with E-state index in [1.54, 1.807) is 0 Å². The van der Waals surface area contributed by atoms with Gasteiger partial charge in [0.25, 0.3) is 6.43 Å². The van der Waals surface area contributed by atoms with Crippen LogP contribution in [-0.4, -0.2) is 23.1 Å². The Morgan fingerprint density at radius 1 is 1.53 bits per heavy atom. The van der Waals surface area contributed by atoms with E-state index in [4.69, 9.17) is 0 Å². The molecule has 1 saturated heterocycles. The topological polar surface area (TPSA) is 40.7 Å². The number of alkyl halides is 2. The molecule has 84 valence electrons. The molecule has 3 nitrogen and oxygen atoms in total. The van der Waals surface area contributed by atoms with Gasteiger partial charge < -0.3 is 10.3 Å². The molecule has 0 aliphatic carbocycles. The van der Waals surface area contributed by atoms with Gasteiger partial charge in [-0.1, -0.05) is 0 Å². The summed E-state index contributed by atoms with van der Waals surface area (Å²) >= 11 is 0. The summed E-state index contributed by atoms with van der Waals surface area (Å²) in [4.78, 5) is 6.64. The fraction of sp³-hybridized carbons (Fsp3) is 0.700. The van der Waals surface area contributed by atoms with E-state index in [0.29, 0.717) is 11.7 Å². The lowest BCUT2D eigenvalue weighted by Gasteiger charge is -2.21. The van der Waals surface area contributed by atoms with E-state index < -0.39 is 6.43 Å². The summed E-state index contributed by atoms with van der Waals surface area (Å²) in [5.74, 6) is 1.20. The maximum absolute atomic E-state index is 12.3. The lowest BCUT2D eigenvalue weighted by molar-refractivity contribution is 0.146. The Morgan fingerprint density at radius 2 is 2.40 bits per heavy atom. The number of halogens is 2. The molecular formula is C10H15F2N3. The normalized spacial score (nSPS) is 22.2. The minimum absolute atomic E-state index is 0.0752. The molecule has 0 amide bonds. The van der Waals surface area contributed by atoms with Gasteiger partial charge in [0.15, 0.2) is 0 Å². The zero-order chi connectivity index (χ0) is 10.7. The van der Waals surface area contributed by atoms with E-state index in [9.17, 15) is 8.78 Å². The van der Waals surface area contributed by atoms with Crippen LogP contribution in [0, 0.1) is 5.92 Å². The second-order valence-electron chi connectivity index (χ2n) is 4.00. The minimum Gasteiger partial charge on any atom is -0.341 e. The smallest absolute Gasteiger partial charge is 0.279 e. The van der Waals surface area contributed by atoms with Gasteiger partial charge in [0.2, 0.25) is 0 Å². The van der Waals surface area contributed by atoms with Crippen molar-refractivity contribution in [3.05, 3.63) is 17.7 Å². The fourth-order valence-corrected chi connectivity index (χ4v) is 1.96. The average molecular weight is 215 g/mol. The van der Waals surface area contributed by atoms with Crippen molar-refractivity contribution in [3.63, 3.8) is 0 Å². The quantitative estimate of drug-likeness (QED) is 0.808. The van der Waals surface area contributed by atoms with Gasteiger partial charge in [-0.3, -0.25) is 0 Å². The van der Waals surface area contributed by atoms with Crippen molar-refractivity contribution in [2.24, 2.45) is 5.92 Å². The molecule has 1 fully saturated rings. The highest BCUT2D eigenvalue weighted by Crippen LogP contribution is 2.18. The number of rotatable bonds is 3. The van der Waals surface area contributed by atoms with Crippen molar-refractivity contribution in [2.45, 2.75) is 25.7 Å². The molecule has 2 rings (SSSR count). The average Bonchev–Trinajstić information content (AvgIpc) is 2.68. The van der Waals surface area contributed by atoms with Crippen LogP contribution >= 0.6 is 0 Å². The molecule has 15 heavy (non-hydrogen) atoms. The van der Waals surface area contributed by atoms with Gasteiger partial charge in [-0.2, -0.15) is 0 Å². The SMILES string of the molecule is FC(F)c1cnc(CC2CCCNC2)[nH]1. The van der Waals surface area contributed by atoms with Crippen LogP contribution in [0.15, 0.2) is 6.20 Å². The van der Waals surface area contributed by atoms with Crippen molar-refractivity contribution in [1.82, 2.24) is 15.3 Å². The molecule has 5 heteroatoms. The van der Waals surface area contributed by atoms with E-state index >= 15 is 0 Å². The Hall–Kier alpha value is -0.970. The Bertz CT molecular complexity index is 305. The Balaban J connectivity index is 1.91. The largest absolute Gasteiger partial charge is 0.341 e. The maximum Gasteiger partial charge on any atom is 0.279 e. The number of imidazole rings is 1. The van der Waals surface area contributed by atoms with E-state index in [2.05, 4.69) is 15.3 Å². The van der Waals surface area contributed by atoms with Crippen LogP contribution in [0.2, 0.25) is 0 Å². The Morgan fingerprint density at radius 3 is 3.00 bits per heavy atom. The third-order valence-corrected chi connectivity index (χ3v) is 2.76. The monoisotopic (exact) mass is 215 g/mol. The Kier molecular flexibility index (Phi) is 3.30. The lowest BCUT2D eigenvalue weighted by Crippen LogP contribution is -2.31.